The normalized spacial score (nSPS) is 15.2. The molecule has 0 aliphatic carbocycles. The molecule has 1 aliphatic rings. The second kappa shape index (κ2) is 15.2. The standard InChI is InChI=1S/C36H37NO8S2.K/c1-3-25(20-33-30(16-14-24(2)47(41,42)43)36-29-13-7-6-10-26(29)15-17-32(36)44-33)21-35-37(18-8-9-19-46(38,39)40)31-22-27-11-4-5-12-28(27)23-34(31)45-35;/h4-7,10-13,15,17,20-24H,3,8-9,14,16,18-19H2,1-2H3,(H,38,39,40)(H,41,42,43);/q;+1/p-1/b25-20-,35-21+;. The van der Waals surface area contributed by atoms with Crippen LogP contribution in [0.3, 0.4) is 0 Å². The summed E-state index contributed by atoms with van der Waals surface area (Å²) in [7, 11) is -8.51. The molecule has 48 heavy (non-hydrogen) atoms. The Morgan fingerprint density at radius 1 is 0.958 bits per heavy atom. The van der Waals surface area contributed by atoms with Crippen molar-refractivity contribution in [1.29, 1.82) is 0 Å². The Labute approximate surface area is 323 Å². The van der Waals surface area contributed by atoms with Gasteiger partial charge in [-0.15, -0.1) is 0 Å². The van der Waals surface area contributed by atoms with Crippen LogP contribution < -0.4 is 61.0 Å². The molecule has 1 aliphatic heterocycles. The topological polar surface area (TPSA) is 137 Å². The fraction of sp³-hybridized carbons (Fsp3) is 0.278. The summed E-state index contributed by atoms with van der Waals surface area (Å²) in [5.41, 5.74) is 3.27. The Hall–Kier alpha value is -2.52. The molecule has 1 unspecified atom stereocenters. The summed E-state index contributed by atoms with van der Waals surface area (Å²) in [5.74, 6) is 1.42. The van der Waals surface area contributed by atoms with Crippen LogP contribution in [0, 0.1) is 0 Å². The van der Waals surface area contributed by atoms with Crippen LogP contribution in [0.5, 0.6) is 5.75 Å². The molecule has 0 bridgehead atoms. The largest absolute Gasteiger partial charge is 1.00 e. The van der Waals surface area contributed by atoms with Gasteiger partial charge in [-0.2, -0.15) is 8.42 Å². The predicted molar refractivity (Wildman–Crippen MR) is 185 cm³/mol. The number of allylic oxidation sites excluding steroid dienone is 2. The van der Waals surface area contributed by atoms with Crippen molar-refractivity contribution in [2.45, 2.75) is 51.2 Å². The molecule has 0 spiro atoms. The molecular weight excluding hydrogens is 678 g/mol. The summed E-state index contributed by atoms with van der Waals surface area (Å²) < 4.78 is 79.9. The quantitative estimate of drug-likeness (QED) is 0.110. The summed E-state index contributed by atoms with van der Waals surface area (Å²) >= 11 is 0. The fourth-order valence-electron chi connectivity index (χ4n) is 6.06. The van der Waals surface area contributed by atoms with Crippen molar-refractivity contribution in [3.05, 3.63) is 102 Å². The van der Waals surface area contributed by atoms with Crippen LogP contribution in [0.1, 0.15) is 50.9 Å². The number of ether oxygens (including phenoxy) is 1. The number of hydrogen-bond donors (Lipinski definition) is 1. The molecular formula is C36H36KNO8S2. The van der Waals surface area contributed by atoms with Gasteiger partial charge >= 0.3 is 51.4 Å². The average molecular weight is 714 g/mol. The maximum absolute atomic E-state index is 11.9. The fourth-order valence-corrected chi connectivity index (χ4v) is 7.03. The van der Waals surface area contributed by atoms with Crippen LogP contribution in [0.4, 0.5) is 5.69 Å². The van der Waals surface area contributed by atoms with Crippen molar-refractivity contribution < 1.29 is 86.5 Å². The second-order valence-electron chi connectivity index (χ2n) is 11.9. The van der Waals surface area contributed by atoms with Crippen molar-refractivity contribution in [1.82, 2.24) is 0 Å². The molecule has 4 aromatic carbocycles. The minimum Gasteiger partial charge on any atom is -0.748 e. The van der Waals surface area contributed by atoms with Gasteiger partial charge in [0.25, 0.3) is 10.1 Å². The van der Waals surface area contributed by atoms with Crippen LogP contribution >= 0.6 is 0 Å². The third-order valence-electron chi connectivity index (χ3n) is 8.68. The van der Waals surface area contributed by atoms with E-state index in [1.54, 1.807) is 0 Å². The zero-order valence-electron chi connectivity index (χ0n) is 27.2. The van der Waals surface area contributed by atoms with Crippen LogP contribution in [-0.4, -0.2) is 43.5 Å². The van der Waals surface area contributed by atoms with Gasteiger partial charge in [0, 0.05) is 29.3 Å². The number of hydrogen-bond acceptors (Lipinski definition) is 8. The molecule has 5 aromatic rings. The van der Waals surface area contributed by atoms with Crippen LogP contribution in [0.2, 0.25) is 0 Å². The van der Waals surface area contributed by atoms with Gasteiger partial charge in [-0.1, -0.05) is 61.5 Å². The number of aryl methyl sites for hydroxylation is 1. The molecule has 0 fully saturated rings. The molecule has 6 rings (SSSR count). The van der Waals surface area contributed by atoms with E-state index in [9.17, 15) is 25.9 Å². The van der Waals surface area contributed by atoms with E-state index in [1.807, 2.05) is 96.8 Å². The number of nitrogens with zero attached hydrogens (tertiary/aromatic N) is 1. The van der Waals surface area contributed by atoms with E-state index in [0.717, 1.165) is 43.8 Å². The predicted octanol–water partition coefficient (Wildman–Crippen LogP) is 4.81. The zero-order valence-corrected chi connectivity index (χ0v) is 31.9. The van der Waals surface area contributed by atoms with Gasteiger partial charge in [0.15, 0.2) is 5.75 Å². The summed E-state index contributed by atoms with van der Waals surface area (Å²) in [6.07, 6.45) is 5.76. The summed E-state index contributed by atoms with van der Waals surface area (Å²) in [4.78, 5) is 2.00. The number of fused-ring (bicyclic) bond motifs is 5. The monoisotopic (exact) mass is 713 g/mol. The number of benzene rings is 4. The molecule has 1 N–H and O–H groups in total. The van der Waals surface area contributed by atoms with Crippen molar-refractivity contribution in [3.8, 4) is 5.75 Å². The Bertz CT molecular complexity index is 2260. The van der Waals surface area contributed by atoms with Gasteiger partial charge in [-0.25, -0.2) is 8.42 Å². The summed E-state index contributed by atoms with van der Waals surface area (Å²) in [5, 5.41) is 4.04. The Morgan fingerprint density at radius 2 is 1.65 bits per heavy atom. The van der Waals surface area contributed by atoms with Crippen molar-refractivity contribution in [2.24, 2.45) is 0 Å². The summed E-state index contributed by atoms with van der Waals surface area (Å²) in [6, 6.07) is 23.8. The van der Waals surface area contributed by atoms with Crippen molar-refractivity contribution >= 4 is 64.5 Å². The Morgan fingerprint density at radius 3 is 2.33 bits per heavy atom. The van der Waals surface area contributed by atoms with Crippen LogP contribution in [0.25, 0.3) is 38.6 Å². The summed E-state index contributed by atoms with van der Waals surface area (Å²) in [6.45, 7) is 3.95. The number of rotatable bonds is 12. The van der Waals surface area contributed by atoms with E-state index in [4.69, 9.17) is 9.15 Å². The molecule has 9 nitrogen and oxygen atoms in total. The molecule has 0 radical (unpaired) electrons. The first-order valence-corrected chi connectivity index (χ1v) is 18.7. The molecule has 246 valence electrons. The number of furan rings is 1. The smallest absolute Gasteiger partial charge is 0.748 e. The van der Waals surface area contributed by atoms with Gasteiger partial charge < -0.3 is 18.6 Å². The molecule has 12 heteroatoms. The minimum absolute atomic E-state index is 0. The molecule has 0 amide bonds. The molecule has 2 heterocycles. The molecule has 1 atom stereocenters. The van der Waals surface area contributed by atoms with Crippen LogP contribution in [-0.2, 0) is 26.7 Å². The maximum Gasteiger partial charge on any atom is 1.00 e. The van der Waals surface area contributed by atoms with Gasteiger partial charge in [0.05, 0.1) is 21.1 Å². The van der Waals surface area contributed by atoms with Gasteiger partial charge in [-0.3, -0.25) is 4.55 Å². The van der Waals surface area contributed by atoms with E-state index in [2.05, 4.69) is 0 Å². The minimum atomic E-state index is -4.31. The van der Waals surface area contributed by atoms with Crippen molar-refractivity contribution in [3.63, 3.8) is 0 Å². The SMILES string of the molecule is CCC(=C/c1oc2ccc3ccccc3c2c1CCC(C)S(=O)(=O)O)/C=C1/Oc2cc3ccccc3cc2N1CCCCS(=O)(=O)[O-].[K+]. The van der Waals surface area contributed by atoms with E-state index in [-0.39, 0.29) is 64.2 Å². The van der Waals surface area contributed by atoms with E-state index in [0.29, 0.717) is 48.8 Å². The van der Waals surface area contributed by atoms with E-state index >= 15 is 0 Å². The van der Waals surface area contributed by atoms with Gasteiger partial charge in [0.1, 0.15) is 11.3 Å². The van der Waals surface area contributed by atoms with Crippen LogP contribution in [0.15, 0.2) is 94.7 Å². The maximum atomic E-state index is 11.9. The van der Waals surface area contributed by atoms with E-state index in [1.165, 1.54) is 6.92 Å². The van der Waals surface area contributed by atoms with Gasteiger partial charge in [0.2, 0.25) is 5.88 Å². The molecule has 1 aromatic heterocycles. The first-order chi connectivity index (χ1) is 22.4. The second-order valence-corrected chi connectivity index (χ2v) is 15.3. The average Bonchev–Trinajstić information content (AvgIpc) is 3.55. The third-order valence-corrected chi connectivity index (χ3v) is 10.7. The Balaban J connectivity index is 0.00000451. The Kier molecular flexibility index (Phi) is 11.6. The molecule has 0 saturated heterocycles. The number of unbranched alkanes of at least 4 members (excludes halogenated alkanes) is 1. The zero-order chi connectivity index (χ0) is 33.3. The van der Waals surface area contributed by atoms with E-state index < -0.39 is 31.2 Å². The molecule has 0 saturated carbocycles. The third kappa shape index (κ3) is 8.26. The van der Waals surface area contributed by atoms with Crippen molar-refractivity contribution in [2.75, 3.05) is 17.2 Å². The number of anilines is 1. The first-order valence-electron chi connectivity index (χ1n) is 15.6. The van der Waals surface area contributed by atoms with Gasteiger partial charge in [-0.05, 0) is 90.4 Å². The first kappa shape index (κ1) is 36.7.